The van der Waals surface area contributed by atoms with Crippen molar-refractivity contribution in [2.75, 3.05) is 5.43 Å². The third kappa shape index (κ3) is 3.45. The van der Waals surface area contributed by atoms with Gasteiger partial charge in [0.25, 0.3) is 5.91 Å². The minimum Gasteiger partial charge on any atom is -0.481 e. The zero-order chi connectivity index (χ0) is 13.8. The Hall–Kier alpha value is -2.08. The lowest BCUT2D eigenvalue weighted by molar-refractivity contribution is -0.123. The van der Waals surface area contributed by atoms with Crippen molar-refractivity contribution < 1.29 is 9.53 Å². The summed E-state index contributed by atoms with van der Waals surface area (Å²) in [4.78, 5) is 11.8. The fourth-order valence-electron chi connectivity index (χ4n) is 1.42. The van der Waals surface area contributed by atoms with Crippen molar-refractivity contribution in [3.63, 3.8) is 0 Å². The van der Waals surface area contributed by atoms with E-state index >= 15 is 0 Å². The molecular weight excluding hydrogens is 268 g/mol. The summed E-state index contributed by atoms with van der Waals surface area (Å²) < 4.78 is 6.89. The van der Waals surface area contributed by atoms with Gasteiger partial charge in [0.05, 0.1) is 0 Å². The van der Waals surface area contributed by atoms with Crippen LogP contribution in [-0.2, 0) is 4.79 Å². The average molecular weight is 281 g/mol. The summed E-state index contributed by atoms with van der Waals surface area (Å²) in [7, 11) is 0. The van der Waals surface area contributed by atoms with Crippen LogP contribution in [0.3, 0.4) is 0 Å². The van der Waals surface area contributed by atoms with Gasteiger partial charge in [0.2, 0.25) is 0 Å². The summed E-state index contributed by atoms with van der Waals surface area (Å²) in [5.74, 6) is 0.292. The first-order valence-corrected chi connectivity index (χ1v) is 6.02. The predicted octanol–water partition coefficient (Wildman–Crippen LogP) is 1.78. The van der Waals surface area contributed by atoms with Gasteiger partial charge in [-0.2, -0.15) is 0 Å². The maximum atomic E-state index is 11.8. The van der Waals surface area contributed by atoms with Gasteiger partial charge >= 0.3 is 0 Å². The molecule has 19 heavy (non-hydrogen) atoms. The molecule has 1 heterocycles. The van der Waals surface area contributed by atoms with E-state index in [2.05, 4.69) is 15.6 Å². The molecule has 0 aliphatic heterocycles. The number of aromatic nitrogens is 3. The van der Waals surface area contributed by atoms with Gasteiger partial charge in [-0.3, -0.25) is 10.2 Å². The van der Waals surface area contributed by atoms with Crippen molar-refractivity contribution in [1.29, 1.82) is 0 Å². The summed E-state index contributed by atoms with van der Waals surface area (Å²) in [5, 5.41) is 7.83. The SMILES string of the molecule is Cc1cc(O[C@H](C)C(=O)Nn2cnnc2)ccc1Cl. The minimum absolute atomic E-state index is 0.299. The minimum atomic E-state index is -0.650. The van der Waals surface area contributed by atoms with Gasteiger partial charge in [0.15, 0.2) is 6.10 Å². The van der Waals surface area contributed by atoms with Crippen LogP contribution in [0.25, 0.3) is 0 Å². The topological polar surface area (TPSA) is 69.0 Å². The molecule has 2 aromatic rings. The van der Waals surface area contributed by atoms with E-state index < -0.39 is 6.10 Å². The summed E-state index contributed by atoms with van der Waals surface area (Å²) in [5.41, 5.74) is 3.46. The van der Waals surface area contributed by atoms with Crippen LogP contribution < -0.4 is 10.2 Å². The van der Waals surface area contributed by atoms with Gasteiger partial charge in [0.1, 0.15) is 18.4 Å². The molecule has 6 nitrogen and oxygen atoms in total. The average Bonchev–Trinajstić information content (AvgIpc) is 2.86. The van der Waals surface area contributed by atoms with Crippen molar-refractivity contribution in [1.82, 2.24) is 14.9 Å². The summed E-state index contributed by atoms with van der Waals surface area (Å²) >= 11 is 5.92. The Morgan fingerprint density at radius 3 is 2.74 bits per heavy atom. The number of rotatable bonds is 4. The molecule has 1 aromatic heterocycles. The van der Waals surface area contributed by atoms with E-state index in [4.69, 9.17) is 16.3 Å². The first-order chi connectivity index (χ1) is 9.06. The molecule has 0 saturated carbocycles. The number of carbonyl (C=O) groups excluding carboxylic acids is 1. The number of amides is 1. The molecule has 0 fully saturated rings. The smallest absolute Gasteiger partial charge is 0.279 e. The molecule has 0 aliphatic carbocycles. The Kier molecular flexibility index (Phi) is 4.01. The molecule has 0 saturated heterocycles. The molecule has 100 valence electrons. The molecule has 2 rings (SSSR count). The highest BCUT2D eigenvalue weighted by Crippen LogP contribution is 2.21. The normalized spacial score (nSPS) is 11.9. The molecule has 1 N–H and O–H groups in total. The van der Waals surface area contributed by atoms with Crippen LogP contribution >= 0.6 is 11.6 Å². The number of hydrogen-bond acceptors (Lipinski definition) is 4. The molecule has 7 heteroatoms. The molecule has 0 aliphatic rings. The van der Waals surface area contributed by atoms with Crippen molar-refractivity contribution in [3.05, 3.63) is 41.4 Å². The molecule has 0 unspecified atom stereocenters. The largest absolute Gasteiger partial charge is 0.481 e. The maximum Gasteiger partial charge on any atom is 0.279 e. The monoisotopic (exact) mass is 280 g/mol. The van der Waals surface area contributed by atoms with Crippen molar-refractivity contribution in [2.24, 2.45) is 0 Å². The first-order valence-electron chi connectivity index (χ1n) is 5.64. The lowest BCUT2D eigenvalue weighted by Gasteiger charge is -2.15. The number of ether oxygens (including phenoxy) is 1. The summed E-state index contributed by atoms with van der Waals surface area (Å²) in [6, 6.07) is 5.24. The van der Waals surface area contributed by atoms with Crippen LogP contribution in [0.2, 0.25) is 5.02 Å². The molecule has 1 amide bonds. The zero-order valence-corrected chi connectivity index (χ0v) is 11.3. The number of carbonyl (C=O) groups is 1. The lowest BCUT2D eigenvalue weighted by atomic mass is 10.2. The fourth-order valence-corrected chi connectivity index (χ4v) is 1.54. The van der Waals surface area contributed by atoms with E-state index in [1.807, 2.05) is 6.92 Å². The van der Waals surface area contributed by atoms with Crippen LogP contribution in [0.4, 0.5) is 0 Å². The number of benzene rings is 1. The quantitative estimate of drug-likeness (QED) is 0.927. The summed E-state index contributed by atoms with van der Waals surface area (Å²) in [6.45, 7) is 3.53. The molecule has 1 atom stereocenters. The molecule has 0 radical (unpaired) electrons. The van der Waals surface area contributed by atoms with Gasteiger partial charge in [-0.05, 0) is 37.6 Å². The maximum absolute atomic E-state index is 11.8. The summed E-state index contributed by atoms with van der Waals surface area (Å²) in [6.07, 6.45) is 2.12. The Morgan fingerprint density at radius 2 is 2.11 bits per heavy atom. The molecule has 0 spiro atoms. The van der Waals surface area contributed by atoms with Crippen molar-refractivity contribution >= 4 is 17.5 Å². The van der Waals surface area contributed by atoms with Crippen LogP contribution in [0.5, 0.6) is 5.75 Å². The van der Waals surface area contributed by atoms with E-state index in [-0.39, 0.29) is 5.91 Å². The number of nitrogens with one attached hydrogen (secondary N) is 1. The van der Waals surface area contributed by atoms with E-state index in [0.29, 0.717) is 10.8 Å². The van der Waals surface area contributed by atoms with E-state index in [9.17, 15) is 4.79 Å². The number of nitrogens with zero attached hydrogens (tertiary/aromatic N) is 3. The Balaban J connectivity index is 1.98. The third-order valence-corrected chi connectivity index (χ3v) is 2.89. The standard InChI is InChI=1S/C12H13ClN4O2/c1-8-5-10(3-4-11(8)13)19-9(2)12(18)16-17-6-14-15-7-17/h3-7,9H,1-2H3,(H,16,18)/t9-/m1/s1. The molecular formula is C12H13ClN4O2. The second-order valence-corrected chi connectivity index (χ2v) is 4.42. The lowest BCUT2D eigenvalue weighted by Crippen LogP contribution is -2.34. The van der Waals surface area contributed by atoms with E-state index in [1.165, 1.54) is 17.3 Å². The fraction of sp³-hybridized carbons (Fsp3) is 0.250. The predicted molar refractivity (Wildman–Crippen MR) is 70.7 cm³/mol. The van der Waals surface area contributed by atoms with Crippen molar-refractivity contribution in [3.8, 4) is 5.75 Å². The third-order valence-electron chi connectivity index (χ3n) is 2.47. The number of halogens is 1. The van der Waals surface area contributed by atoms with Crippen LogP contribution in [0.1, 0.15) is 12.5 Å². The molecule has 1 aromatic carbocycles. The van der Waals surface area contributed by atoms with Crippen LogP contribution in [-0.4, -0.2) is 26.9 Å². The van der Waals surface area contributed by atoms with E-state index in [1.54, 1.807) is 25.1 Å². The Labute approximate surface area is 115 Å². The van der Waals surface area contributed by atoms with Crippen LogP contribution in [0, 0.1) is 6.92 Å². The van der Waals surface area contributed by atoms with Gasteiger partial charge in [0, 0.05) is 5.02 Å². The highest BCUT2D eigenvalue weighted by Gasteiger charge is 2.15. The molecule has 0 bridgehead atoms. The second kappa shape index (κ2) is 5.71. The number of aryl methyl sites for hydroxylation is 1. The Morgan fingerprint density at radius 1 is 1.42 bits per heavy atom. The van der Waals surface area contributed by atoms with Gasteiger partial charge < -0.3 is 4.74 Å². The van der Waals surface area contributed by atoms with E-state index in [0.717, 1.165) is 5.56 Å². The highest BCUT2D eigenvalue weighted by molar-refractivity contribution is 6.31. The number of hydrogen-bond donors (Lipinski definition) is 1. The van der Waals surface area contributed by atoms with Crippen molar-refractivity contribution in [2.45, 2.75) is 20.0 Å². The van der Waals surface area contributed by atoms with Crippen LogP contribution in [0.15, 0.2) is 30.9 Å². The van der Waals surface area contributed by atoms with Gasteiger partial charge in [-0.1, -0.05) is 11.6 Å². The van der Waals surface area contributed by atoms with Gasteiger partial charge in [-0.15, -0.1) is 10.2 Å². The first kappa shape index (κ1) is 13.4. The van der Waals surface area contributed by atoms with Gasteiger partial charge in [-0.25, -0.2) is 4.68 Å². The zero-order valence-electron chi connectivity index (χ0n) is 10.5. The Bertz CT molecular complexity index is 571. The highest BCUT2D eigenvalue weighted by atomic mass is 35.5. The second-order valence-electron chi connectivity index (χ2n) is 4.02.